The predicted molar refractivity (Wildman–Crippen MR) is 55.8 cm³/mol. The summed E-state index contributed by atoms with van der Waals surface area (Å²) in [7, 11) is 0. The lowest BCUT2D eigenvalue weighted by Crippen LogP contribution is -1.88. The first kappa shape index (κ1) is 9.46. The number of rotatable bonds is 3. The molecule has 1 heteroatoms. The van der Waals surface area contributed by atoms with E-state index in [1.807, 2.05) is 37.3 Å². The smallest absolute Gasteiger partial charge is 0.150 e. The van der Waals surface area contributed by atoms with Crippen molar-refractivity contribution >= 4 is 12.4 Å². The highest BCUT2D eigenvalue weighted by Gasteiger charge is 1.98. The Labute approximate surface area is 78.4 Å². The molecule has 0 saturated carbocycles. The molecule has 0 radical (unpaired) electrons. The van der Waals surface area contributed by atoms with E-state index >= 15 is 0 Å². The Morgan fingerprint density at radius 1 is 1.31 bits per heavy atom. The van der Waals surface area contributed by atoms with Crippen molar-refractivity contribution in [2.24, 2.45) is 0 Å². The van der Waals surface area contributed by atoms with E-state index in [2.05, 4.69) is 6.58 Å². The standard InChI is InChI=1S/C12H12O/c1-3-4-6-11-7-5-8-12(9-13)10(11)2/h3-9H,1H2,2H3/b6-4-. The van der Waals surface area contributed by atoms with E-state index in [1.165, 1.54) is 0 Å². The quantitative estimate of drug-likeness (QED) is 0.506. The van der Waals surface area contributed by atoms with Crippen LogP contribution in [0, 0.1) is 6.92 Å². The minimum atomic E-state index is 0.742. The molecule has 0 atom stereocenters. The number of benzene rings is 1. The van der Waals surface area contributed by atoms with E-state index in [4.69, 9.17) is 0 Å². The summed E-state index contributed by atoms with van der Waals surface area (Å²) in [5, 5.41) is 0. The van der Waals surface area contributed by atoms with E-state index in [9.17, 15) is 4.79 Å². The normalized spacial score (nSPS) is 10.2. The molecular weight excluding hydrogens is 160 g/mol. The molecule has 0 bridgehead atoms. The van der Waals surface area contributed by atoms with Crippen LogP contribution in [0.2, 0.25) is 0 Å². The lowest BCUT2D eigenvalue weighted by molar-refractivity contribution is 0.112. The zero-order valence-corrected chi connectivity index (χ0v) is 7.66. The number of allylic oxidation sites excluding steroid dienone is 2. The van der Waals surface area contributed by atoms with E-state index in [1.54, 1.807) is 6.08 Å². The molecule has 13 heavy (non-hydrogen) atoms. The minimum Gasteiger partial charge on any atom is -0.298 e. The summed E-state index contributed by atoms with van der Waals surface area (Å²) in [6.07, 6.45) is 6.39. The molecule has 1 nitrogen and oxygen atoms in total. The Bertz CT molecular complexity index is 348. The summed E-state index contributed by atoms with van der Waals surface area (Å²) >= 11 is 0. The van der Waals surface area contributed by atoms with Crippen LogP contribution in [0.15, 0.2) is 36.9 Å². The third kappa shape index (κ3) is 2.15. The molecule has 0 aliphatic rings. The van der Waals surface area contributed by atoms with Gasteiger partial charge in [0.2, 0.25) is 0 Å². The summed E-state index contributed by atoms with van der Waals surface area (Å²) in [4.78, 5) is 10.6. The molecule has 0 aliphatic heterocycles. The second-order valence-electron chi connectivity index (χ2n) is 2.77. The van der Waals surface area contributed by atoms with Gasteiger partial charge in [-0.3, -0.25) is 4.79 Å². The van der Waals surface area contributed by atoms with Crippen LogP contribution in [0.3, 0.4) is 0 Å². The van der Waals surface area contributed by atoms with Crippen LogP contribution in [0.5, 0.6) is 0 Å². The van der Waals surface area contributed by atoms with E-state index in [0.717, 1.165) is 23.0 Å². The number of hydrogen-bond donors (Lipinski definition) is 0. The summed E-state index contributed by atoms with van der Waals surface area (Å²) in [5.74, 6) is 0. The number of carbonyl (C=O) groups is 1. The van der Waals surface area contributed by atoms with E-state index in [-0.39, 0.29) is 0 Å². The molecule has 0 fully saturated rings. The van der Waals surface area contributed by atoms with Crippen LogP contribution in [-0.4, -0.2) is 6.29 Å². The van der Waals surface area contributed by atoms with E-state index < -0.39 is 0 Å². The first-order valence-corrected chi connectivity index (χ1v) is 4.13. The molecule has 0 unspecified atom stereocenters. The Kier molecular flexibility index (Phi) is 3.21. The first-order valence-electron chi connectivity index (χ1n) is 4.13. The van der Waals surface area contributed by atoms with Crippen LogP contribution in [0.25, 0.3) is 6.08 Å². The Hall–Kier alpha value is -1.63. The van der Waals surface area contributed by atoms with Gasteiger partial charge >= 0.3 is 0 Å². The van der Waals surface area contributed by atoms with Gasteiger partial charge < -0.3 is 0 Å². The van der Waals surface area contributed by atoms with Crippen molar-refractivity contribution in [2.45, 2.75) is 6.92 Å². The van der Waals surface area contributed by atoms with Crippen molar-refractivity contribution < 1.29 is 4.79 Å². The number of aldehydes is 1. The van der Waals surface area contributed by atoms with Crippen molar-refractivity contribution in [2.75, 3.05) is 0 Å². The highest BCUT2D eigenvalue weighted by atomic mass is 16.1. The van der Waals surface area contributed by atoms with Gasteiger partial charge in [0.15, 0.2) is 0 Å². The molecule has 1 aromatic carbocycles. The summed E-state index contributed by atoms with van der Waals surface area (Å²) in [6, 6.07) is 5.66. The molecule has 66 valence electrons. The van der Waals surface area contributed by atoms with Crippen LogP contribution in [-0.2, 0) is 0 Å². The van der Waals surface area contributed by atoms with Crippen molar-refractivity contribution in [1.82, 2.24) is 0 Å². The minimum absolute atomic E-state index is 0.742. The maximum atomic E-state index is 10.6. The van der Waals surface area contributed by atoms with Gasteiger partial charge in [0, 0.05) is 5.56 Å². The van der Waals surface area contributed by atoms with Gasteiger partial charge in [-0.1, -0.05) is 43.0 Å². The molecule has 0 heterocycles. The SMILES string of the molecule is C=C/C=C\c1cccc(C=O)c1C. The lowest BCUT2D eigenvalue weighted by atomic mass is 10.0. The van der Waals surface area contributed by atoms with Gasteiger partial charge in [-0.2, -0.15) is 0 Å². The van der Waals surface area contributed by atoms with Crippen molar-refractivity contribution in [3.63, 3.8) is 0 Å². The highest BCUT2D eigenvalue weighted by molar-refractivity contribution is 5.79. The lowest BCUT2D eigenvalue weighted by Gasteiger charge is -2.01. The van der Waals surface area contributed by atoms with Crippen LogP contribution in [0.4, 0.5) is 0 Å². The third-order valence-electron chi connectivity index (χ3n) is 1.96. The van der Waals surface area contributed by atoms with Gasteiger partial charge in [-0.25, -0.2) is 0 Å². The fourth-order valence-electron chi connectivity index (χ4n) is 1.15. The van der Waals surface area contributed by atoms with Crippen LogP contribution in [0.1, 0.15) is 21.5 Å². The molecule has 0 saturated heterocycles. The van der Waals surface area contributed by atoms with Gasteiger partial charge in [0.25, 0.3) is 0 Å². The fourth-order valence-corrected chi connectivity index (χ4v) is 1.15. The van der Waals surface area contributed by atoms with Gasteiger partial charge in [0.05, 0.1) is 0 Å². The molecule has 0 N–H and O–H groups in total. The molecule has 1 aromatic rings. The zero-order valence-electron chi connectivity index (χ0n) is 7.66. The largest absolute Gasteiger partial charge is 0.298 e. The molecule has 0 spiro atoms. The van der Waals surface area contributed by atoms with Crippen LogP contribution < -0.4 is 0 Å². The second-order valence-corrected chi connectivity index (χ2v) is 2.77. The molecule has 0 aromatic heterocycles. The van der Waals surface area contributed by atoms with Gasteiger partial charge in [0.1, 0.15) is 6.29 Å². The van der Waals surface area contributed by atoms with Gasteiger partial charge in [-0.15, -0.1) is 0 Å². The van der Waals surface area contributed by atoms with Crippen molar-refractivity contribution in [1.29, 1.82) is 0 Å². The predicted octanol–water partition coefficient (Wildman–Crippen LogP) is 3.01. The van der Waals surface area contributed by atoms with E-state index in [0.29, 0.717) is 0 Å². The van der Waals surface area contributed by atoms with Crippen molar-refractivity contribution in [3.05, 3.63) is 53.6 Å². The number of hydrogen-bond acceptors (Lipinski definition) is 1. The maximum absolute atomic E-state index is 10.6. The summed E-state index contributed by atoms with van der Waals surface area (Å²) in [6.45, 7) is 5.53. The van der Waals surface area contributed by atoms with Crippen LogP contribution >= 0.6 is 0 Å². The Balaban J connectivity index is 3.14. The van der Waals surface area contributed by atoms with Crippen molar-refractivity contribution in [3.8, 4) is 0 Å². The Morgan fingerprint density at radius 3 is 2.62 bits per heavy atom. The molecule has 1 rings (SSSR count). The maximum Gasteiger partial charge on any atom is 0.150 e. The average molecular weight is 172 g/mol. The highest BCUT2D eigenvalue weighted by Crippen LogP contribution is 2.13. The third-order valence-corrected chi connectivity index (χ3v) is 1.96. The fraction of sp³-hybridized carbons (Fsp3) is 0.0833. The Morgan fingerprint density at radius 2 is 2.00 bits per heavy atom. The average Bonchev–Trinajstić information content (AvgIpc) is 2.16. The summed E-state index contributed by atoms with van der Waals surface area (Å²) < 4.78 is 0. The topological polar surface area (TPSA) is 17.1 Å². The molecule has 0 aliphatic carbocycles. The second kappa shape index (κ2) is 4.41. The van der Waals surface area contributed by atoms with Gasteiger partial charge in [-0.05, 0) is 18.1 Å². The first-order chi connectivity index (χ1) is 6.29. The molecular formula is C12H12O. The zero-order chi connectivity index (χ0) is 9.68. The number of carbonyl (C=O) groups excluding carboxylic acids is 1. The summed E-state index contributed by atoms with van der Waals surface area (Å²) in [5.41, 5.74) is 2.81. The molecule has 0 amide bonds. The monoisotopic (exact) mass is 172 g/mol.